The van der Waals surface area contributed by atoms with E-state index in [9.17, 15) is 5.11 Å². The largest absolute Gasteiger partial charge is 0.392 e. The molecule has 7 heteroatoms. The molecule has 0 bridgehead atoms. The molecule has 2 saturated heterocycles. The fourth-order valence-electron chi connectivity index (χ4n) is 2.13. The van der Waals surface area contributed by atoms with E-state index in [1.165, 1.54) is 0 Å². The normalized spacial score (nSPS) is 33.5. The average Bonchev–Trinajstić information content (AvgIpc) is 2.90. The summed E-state index contributed by atoms with van der Waals surface area (Å²) in [6.45, 7) is 1.73. The van der Waals surface area contributed by atoms with Gasteiger partial charge >= 0.3 is 0 Å². The summed E-state index contributed by atoms with van der Waals surface area (Å²) in [5.41, 5.74) is 0. The van der Waals surface area contributed by atoms with Gasteiger partial charge in [-0.2, -0.15) is 16.7 Å². The second kappa shape index (κ2) is 5.56. The lowest BCUT2D eigenvalue weighted by Crippen LogP contribution is -2.30. The van der Waals surface area contributed by atoms with Gasteiger partial charge in [-0.1, -0.05) is 5.16 Å². The zero-order chi connectivity index (χ0) is 12.4. The molecule has 3 atom stereocenters. The van der Waals surface area contributed by atoms with E-state index in [0.717, 1.165) is 11.5 Å². The van der Waals surface area contributed by atoms with Gasteiger partial charge in [0, 0.05) is 18.1 Å². The lowest BCUT2D eigenvalue weighted by molar-refractivity contribution is -0.0149. The van der Waals surface area contributed by atoms with Gasteiger partial charge in [0.25, 0.3) is 0 Å². The molecule has 18 heavy (non-hydrogen) atoms. The highest BCUT2D eigenvalue weighted by molar-refractivity contribution is 7.99. The zero-order valence-corrected chi connectivity index (χ0v) is 10.8. The summed E-state index contributed by atoms with van der Waals surface area (Å²) >= 11 is 1.82. The first-order chi connectivity index (χ1) is 8.84. The second-order valence-electron chi connectivity index (χ2n) is 4.46. The van der Waals surface area contributed by atoms with Crippen molar-refractivity contribution in [2.75, 3.05) is 31.3 Å². The quantitative estimate of drug-likeness (QED) is 0.850. The first-order valence-electron chi connectivity index (χ1n) is 6.13. The van der Waals surface area contributed by atoms with Gasteiger partial charge in [0.05, 0.1) is 25.2 Å². The number of thioether (sulfide) groups is 1. The SMILES string of the molecule is OC1CCOCC1c1nc(C2CSCCO2)no1. The summed E-state index contributed by atoms with van der Waals surface area (Å²) in [5, 5.41) is 13.9. The maximum atomic E-state index is 9.90. The molecule has 6 nitrogen and oxygen atoms in total. The topological polar surface area (TPSA) is 77.6 Å². The van der Waals surface area contributed by atoms with E-state index >= 15 is 0 Å². The van der Waals surface area contributed by atoms with Crippen LogP contribution in [0.25, 0.3) is 0 Å². The average molecular weight is 272 g/mol. The van der Waals surface area contributed by atoms with Crippen molar-refractivity contribution in [2.24, 2.45) is 0 Å². The molecule has 3 rings (SSSR count). The first-order valence-corrected chi connectivity index (χ1v) is 7.28. The number of nitrogens with zero attached hydrogens (tertiary/aromatic N) is 2. The minimum absolute atomic E-state index is 0.0945. The van der Waals surface area contributed by atoms with Gasteiger partial charge in [0.2, 0.25) is 11.7 Å². The van der Waals surface area contributed by atoms with Crippen LogP contribution in [0.5, 0.6) is 0 Å². The second-order valence-corrected chi connectivity index (χ2v) is 5.61. The van der Waals surface area contributed by atoms with Crippen LogP contribution in [0.4, 0.5) is 0 Å². The van der Waals surface area contributed by atoms with Crippen LogP contribution in [0.2, 0.25) is 0 Å². The summed E-state index contributed by atoms with van der Waals surface area (Å²) < 4.78 is 16.2. The van der Waals surface area contributed by atoms with Gasteiger partial charge in [0.1, 0.15) is 6.10 Å². The maximum absolute atomic E-state index is 9.90. The van der Waals surface area contributed by atoms with E-state index < -0.39 is 6.10 Å². The first kappa shape index (κ1) is 12.4. The van der Waals surface area contributed by atoms with Gasteiger partial charge in [-0.3, -0.25) is 0 Å². The fraction of sp³-hybridized carbons (Fsp3) is 0.818. The Balaban J connectivity index is 1.71. The Morgan fingerprint density at radius 1 is 1.33 bits per heavy atom. The molecule has 1 aromatic heterocycles. The Morgan fingerprint density at radius 2 is 2.28 bits per heavy atom. The van der Waals surface area contributed by atoms with Crippen LogP contribution in [0.15, 0.2) is 4.52 Å². The molecule has 100 valence electrons. The van der Waals surface area contributed by atoms with E-state index in [4.69, 9.17) is 14.0 Å². The van der Waals surface area contributed by atoms with Crippen LogP contribution in [0.3, 0.4) is 0 Å². The number of aliphatic hydroxyl groups excluding tert-OH is 1. The third-order valence-electron chi connectivity index (χ3n) is 3.20. The van der Waals surface area contributed by atoms with Crippen molar-refractivity contribution in [1.82, 2.24) is 10.1 Å². The molecule has 0 spiro atoms. The van der Waals surface area contributed by atoms with Crippen LogP contribution in [-0.2, 0) is 9.47 Å². The maximum Gasteiger partial charge on any atom is 0.234 e. The van der Waals surface area contributed by atoms with E-state index in [-0.39, 0.29) is 12.0 Å². The van der Waals surface area contributed by atoms with Crippen LogP contribution in [-0.4, -0.2) is 52.7 Å². The number of hydrogen-bond donors (Lipinski definition) is 1. The molecule has 1 aromatic rings. The predicted molar refractivity (Wildman–Crippen MR) is 64.5 cm³/mol. The molecule has 2 aliphatic heterocycles. The van der Waals surface area contributed by atoms with Gasteiger partial charge in [-0.05, 0) is 6.42 Å². The number of aliphatic hydroxyl groups is 1. The Kier molecular flexibility index (Phi) is 3.83. The summed E-state index contributed by atoms with van der Waals surface area (Å²) in [5.74, 6) is 2.68. The van der Waals surface area contributed by atoms with Crippen molar-refractivity contribution in [3.8, 4) is 0 Å². The van der Waals surface area contributed by atoms with E-state index in [2.05, 4.69) is 10.1 Å². The molecule has 0 radical (unpaired) electrons. The Bertz CT molecular complexity index is 394. The molecule has 0 aromatic carbocycles. The van der Waals surface area contributed by atoms with E-state index in [1.807, 2.05) is 11.8 Å². The molecular weight excluding hydrogens is 256 g/mol. The van der Waals surface area contributed by atoms with Crippen molar-refractivity contribution < 1.29 is 19.1 Å². The van der Waals surface area contributed by atoms with Gasteiger partial charge < -0.3 is 19.1 Å². The van der Waals surface area contributed by atoms with Crippen molar-refractivity contribution in [3.63, 3.8) is 0 Å². The molecule has 0 amide bonds. The molecule has 2 aliphatic rings. The summed E-state index contributed by atoms with van der Waals surface area (Å²) in [6.07, 6.45) is 0.0506. The van der Waals surface area contributed by atoms with E-state index in [0.29, 0.717) is 38.0 Å². The number of rotatable bonds is 2. The predicted octanol–water partition coefficient (Wildman–Crippen LogP) is 0.739. The highest BCUT2D eigenvalue weighted by Gasteiger charge is 2.31. The third-order valence-corrected chi connectivity index (χ3v) is 4.19. The van der Waals surface area contributed by atoms with Crippen molar-refractivity contribution in [2.45, 2.75) is 24.5 Å². The minimum atomic E-state index is -0.464. The van der Waals surface area contributed by atoms with Crippen LogP contribution >= 0.6 is 11.8 Å². The minimum Gasteiger partial charge on any atom is -0.392 e. The lowest BCUT2D eigenvalue weighted by Gasteiger charge is -2.24. The monoisotopic (exact) mass is 272 g/mol. The molecule has 0 aliphatic carbocycles. The van der Waals surface area contributed by atoms with Crippen LogP contribution < -0.4 is 0 Å². The Hall–Kier alpha value is -0.630. The smallest absolute Gasteiger partial charge is 0.234 e. The molecule has 1 N–H and O–H groups in total. The van der Waals surface area contributed by atoms with Crippen LogP contribution in [0, 0.1) is 0 Å². The highest BCUT2D eigenvalue weighted by Crippen LogP contribution is 2.28. The van der Waals surface area contributed by atoms with Gasteiger partial charge in [-0.25, -0.2) is 0 Å². The van der Waals surface area contributed by atoms with Crippen LogP contribution in [0.1, 0.15) is 30.2 Å². The summed E-state index contributed by atoms with van der Waals surface area (Å²) in [7, 11) is 0. The summed E-state index contributed by atoms with van der Waals surface area (Å²) in [6, 6.07) is 0. The highest BCUT2D eigenvalue weighted by atomic mass is 32.2. The zero-order valence-electron chi connectivity index (χ0n) is 9.95. The van der Waals surface area contributed by atoms with Crippen molar-refractivity contribution in [3.05, 3.63) is 11.7 Å². The molecule has 2 fully saturated rings. The van der Waals surface area contributed by atoms with Gasteiger partial charge in [0.15, 0.2) is 0 Å². The molecule has 0 saturated carbocycles. The molecule has 3 unspecified atom stereocenters. The van der Waals surface area contributed by atoms with Gasteiger partial charge in [-0.15, -0.1) is 0 Å². The number of ether oxygens (including phenoxy) is 2. The summed E-state index contributed by atoms with van der Waals surface area (Å²) in [4.78, 5) is 4.35. The molecular formula is C11H16N2O4S. The Morgan fingerprint density at radius 3 is 3.06 bits per heavy atom. The number of aromatic nitrogens is 2. The van der Waals surface area contributed by atoms with Crippen molar-refractivity contribution >= 4 is 11.8 Å². The fourth-order valence-corrected chi connectivity index (χ4v) is 2.97. The van der Waals surface area contributed by atoms with Crippen molar-refractivity contribution in [1.29, 1.82) is 0 Å². The number of hydrogen-bond acceptors (Lipinski definition) is 7. The van der Waals surface area contributed by atoms with E-state index in [1.54, 1.807) is 0 Å². The Labute approximate surface area is 109 Å². The lowest BCUT2D eigenvalue weighted by atomic mass is 9.99. The standard InChI is InChI=1S/C11H16N2O4S/c14-8-1-2-15-5-7(8)11-12-10(13-17-11)9-6-18-4-3-16-9/h7-9,14H,1-6H2. The third kappa shape index (κ3) is 2.54. The molecule has 3 heterocycles.